The topological polar surface area (TPSA) is 119 Å². The number of amides is 2. The quantitative estimate of drug-likeness (QED) is 0.347. The van der Waals surface area contributed by atoms with Gasteiger partial charge in [-0.1, -0.05) is 42.4 Å². The maximum atomic E-state index is 12.7. The summed E-state index contributed by atoms with van der Waals surface area (Å²) in [6.07, 6.45) is 5.58. The lowest BCUT2D eigenvalue weighted by Crippen LogP contribution is -2.48. The molecule has 0 bridgehead atoms. The second-order valence-corrected chi connectivity index (χ2v) is 9.50. The van der Waals surface area contributed by atoms with E-state index in [-0.39, 0.29) is 23.7 Å². The van der Waals surface area contributed by atoms with Crippen LogP contribution in [0.4, 0.5) is 5.13 Å². The van der Waals surface area contributed by atoms with Crippen LogP contribution in [-0.2, 0) is 0 Å². The minimum absolute atomic E-state index is 0.0357. The highest BCUT2D eigenvalue weighted by Crippen LogP contribution is 2.33. The summed E-state index contributed by atoms with van der Waals surface area (Å²) in [6.45, 7) is 0. The Balaban J connectivity index is 1.29. The predicted octanol–water partition coefficient (Wildman–Crippen LogP) is 4.74. The third-order valence-corrected chi connectivity index (χ3v) is 6.96. The van der Waals surface area contributed by atoms with Crippen molar-refractivity contribution in [2.75, 3.05) is 5.32 Å². The summed E-state index contributed by atoms with van der Waals surface area (Å²) in [7, 11) is 0. The Morgan fingerprint density at radius 2 is 1.74 bits per heavy atom. The molecule has 9 heteroatoms. The van der Waals surface area contributed by atoms with Crippen molar-refractivity contribution >= 4 is 38.5 Å². The van der Waals surface area contributed by atoms with Crippen molar-refractivity contribution in [3.05, 3.63) is 78.1 Å². The van der Waals surface area contributed by atoms with Gasteiger partial charge >= 0.3 is 0 Å². The van der Waals surface area contributed by atoms with Crippen molar-refractivity contribution in [3.8, 4) is 11.5 Å². The minimum atomic E-state index is -0.606. The molecule has 5 rings (SSSR count). The Labute approximate surface area is 206 Å². The van der Waals surface area contributed by atoms with E-state index in [1.54, 1.807) is 6.07 Å². The van der Waals surface area contributed by atoms with E-state index in [0.717, 1.165) is 41.0 Å². The van der Waals surface area contributed by atoms with Gasteiger partial charge in [-0.3, -0.25) is 14.6 Å². The number of carbonyl (C=O) groups excluding carboxylic acids is 2. The molecule has 1 saturated carbocycles. The van der Waals surface area contributed by atoms with Gasteiger partial charge in [0.2, 0.25) is 0 Å². The smallest absolute Gasteiger partial charge is 0.267 e. The zero-order chi connectivity index (χ0) is 24.2. The Morgan fingerprint density at radius 1 is 0.971 bits per heavy atom. The SMILES string of the molecule is NC(=O)c1cc(Oc2ccc3nc(N[C@H]4CCCC[C@H]4NC(=O)c4ccccc4)sc3c2)ccn1. The number of nitrogens with one attached hydrogen (secondary N) is 2. The van der Waals surface area contributed by atoms with Crippen LogP contribution in [0.1, 0.15) is 46.5 Å². The van der Waals surface area contributed by atoms with Crippen molar-refractivity contribution in [2.45, 2.75) is 37.8 Å². The van der Waals surface area contributed by atoms with Gasteiger partial charge in [0.15, 0.2) is 5.13 Å². The van der Waals surface area contributed by atoms with Crippen molar-refractivity contribution in [3.63, 3.8) is 0 Å². The summed E-state index contributed by atoms with van der Waals surface area (Å²) < 4.78 is 6.87. The Kier molecular flexibility index (Phi) is 6.58. The second-order valence-electron chi connectivity index (χ2n) is 8.47. The summed E-state index contributed by atoms with van der Waals surface area (Å²) in [4.78, 5) is 32.7. The van der Waals surface area contributed by atoms with E-state index in [2.05, 4.69) is 15.6 Å². The molecule has 2 atom stereocenters. The van der Waals surface area contributed by atoms with Crippen molar-refractivity contribution in [1.82, 2.24) is 15.3 Å². The minimum Gasteiger partial charge on any atom is -0.457 e. The molecule has 0 saturated heterocycles. The molecule has 8 nitrogen and oxygen atoms in total. The number of nitrogens with two attached hydrogens (primary N) is 1. The molecule has 2 heterocycles. The fourth-order valence-corrected chi connectivity index (χ4v) is 5.21. The van der Waals surface area contributed by atoms with Crippen molar-refractivity contribution < 1.29 is 14.3 Å². The average molecular weight is 488 g/mol. The molecule has 2 aromatic heterocycles. The molecule has 1 fully saturated rings. The number of benzene rings is 2. The number of primary amides is 1. The largest absolute Gasteiger partial charge is 0.457 e. The fraction of sp³-hybridized carbons (Fsp3) is 0.231. The Hall–Kier alpha value is -3.98. The number of carbonyl (C=O) groups is 2. The van der Waals surface area contributed by atoms with E-state index in [9.17, 15) is 9.59 Å². The second kappa shape index (κ2) is 10.1. The standard InChI is InChI=1S/C26H25N5O3S/c27-24(32)22-14-18(12-13-28-22)34-17-10-11-21-23(15-17)35-26(31-21)30-20-9-5-4-8-19(20)29-25(33)16-6-2-1-3-7-16/h1-3,6-7,10-15,19-20H,4-5,8-9H2,(H2,27,32)(H,29,33)(H,30,31)/t19-,20+/m1/s1. The first-order chi connectivity index (χ1) is 17.0. The number of hydrogen-bond donors (Lipinski definition) is 3. The number of fused-ring (bicyclic) bond motifs is 1. The Bertz CT molecular complexity index is 1360. The number of ether oxygens (including phenoxy) is 1. The summed E-state index contributed by atoms with van der Waals surface area (Å²) in [5.41, 5.74) is 6.98. The Morgan fingerprint density at radius 3 is 2.54 bits per heavy atom. The number of rotatable bonds is 7. The van der Waals surface area contributed by atoms with Gasteiger partial charge in [0.05, 0.1) is 10.2 Å². The van der Waals surface area contributed by atoms with Crippen LogP contribution >= 0.6 is 11.3 Å². The predicted molar refractivity (Wildman–Crippen MR) is 136 cm³/mol. The highest BCUT2D eigenvalue weighted by Gasteiger charge is 2.27. The number of nitrogens with zero attached hydrogens (tertiary/aromatic N) is 2. The summed E-state index contributed by atoms with van der Waals surface area (Å²) in [5.74, 6) is 0.450. The molecule has 0 spiro atoms. The summed E-state index contributed by atoms with van der Waals surface area (Å²) in [6, 6.07) is 18.3. The first-order valence-electron chi connectivity index (χ1n) is 11.5. The van der Waals surface area contributed by atoms with Crippen LogP contribution in [0.5, 0.6) is 11.5 Å². The molecule has 2 aromatic carbocycles. The van der Waals surface area contributed by atoms with Gasteiger partial charge in [-0.25, -0.2) is 4.98 Å². The van der Waals surface area contributed by atoms with Crippen LogP contribution in [0, 0.1) is 0 Å². The molecule has 0 radical (unpaired) electrons. The molecular weight excluding hydrogens is 462 g/mol. The van der Waals surface area contributed by atoms with Gasteiger partial charge in [-0.05, 0) is 43.2 Å². The zero-order valence-corrected chi connectivity index (χ0v) is 19.8. The molecule has 4 aromatic rings. The fourth-order valence-electron chi connectivity index (χ4n) is 4.25. The van der Waals surface area contributed by atoms with Crippen LogP contribution in [0.25, 0.3) is 10.2 Å². The average Bonchev–Trinajstić information content (AvgIpc) is 3.27. The van der Waals surface area contributed by atoms with Crippen LogP contribution in [0.3, 0.4) is 0 Å². The number of aromatic nitrogens is 2. The maximum absolute atomic E-state index is 12.7. The molecule has 4 N–H and O–H groups in total. The third kappa shape index (κ3) is 5.41. The summed E-state index contributed by atoms with van der Waals surface area (Å²) in [5, 5.41) is 7.57. The molecular formula is C26H25N5O3S. The highest BCUT2D eigenvalue weighted by molar-refractivity contribution is 7.22. The van der Waals surface area contributed by atoms with E-state index in [1.165, 1.54) is 23.6 Å². The molecule has 1 aliphatic rings. The van der Waals surface area contributed by atoms with Gasteiger partial charge in [0.1, 0.15) is 17.2 Å². The molecule has 0 aliphatic heterocycles. The first kappa shape index (κ1) is 22.8. The van der Waals surface area contributed by atoms with Gasteiger partial charge < -0.3 is 21.1 Å². The normalized spacial score (nSPS) is 17.6. The van der Waals surface area contributed by atoms with E-state index < -0.39 is 5.91 Å². The number of pyridine rings is 1. The van der Waals surface area contributed by atoms with E-state index in [4.69, 9.17) is 15.5 Å². The lowest BCUT2D eigenvalue weighted by Gasteiger charge is -2.32. The first-order valence-corrected chi connectivity index (χ1v) is 12.3. The van der Waals surface area contributed by atoms with E-state index >= 15 is 0 Å². The van der Waals surface area contributed by atoms with Crippen molar-refractivity contribution in [2.24, 2.45) is 5.73 Å². The van der Waals surface area contributed by atoms with Crippen molar-refractivity contribution in [1.29, 1.82) is 0 Å². The lowest BCUT2D eigenvalue weighted by atomic mass is 9.90. The van der Waals surface area contributed by atoms with E-state index in [0.29, 0.717) is 17.1 Å². The van der Waals surface area contributed by atoms with E-state index in [1.807, 2.05) is 48.5 Å². The maximum Gasteiger partial charge on any atom is 0.267 e. The molecule has 0 unspecified atom stereocenters. The molecule has 178 valence electrons. The van der Waals surface area contributed by atoms with Crippen LogP contribution in [0.15, 0.2) is 66.9 Å². The van der Waals surface area contributed by atoms with Gasteiger partial charge in [-0.2, -0.15) is 0 Å². The van der Waals surface area contributed by atoms with Gasteiger partial charge in [-0.15, -0.1) is 0 Å². The van der Waals surface area contributed by atoms with Crippen LogP contribution in [0.2, 0.25) is 0 Å². The lowest BCUT2D eigenvalue weighted by molar-refractivity contribution is 0.0923. The molecule has 2 amide bonds. The van der Waals surface area contributed by atoms with Gasteiger partial charge in [0, 0.05) is 36.0 Å². The van der Waals surface area contributed by atoms with Crippen LogP contribution in [-0.4, -0.2) is 33.9 Å². The third-order valence-electron chi connectivity index (χ3n) is 6.01. The molecule has 35 heavy (non-hydrogen) atoms. The number of thiazole rings is 1. The number of hydrogen-bond acceptors (Lipinski definition) is 7. The van der Waals surface area contributed by atoms with Crippen LogP contribution < -0.4 is 21.1 Å². The monoisotopic (exact) mass is 487 g/mol. The van der Waals surface area contributed by atoms with Gasteiger partial charge in [0.25, 0.3) is 11.8 Å². The summed E-state index contributed by atoms with van der Waals surface area (Å²) >= 11 is 1.54. The highest BCUT2D eigenvalue weighted by atomic mass is 32.1. The molecule has 1 aliphatic carbocycles. The number of anilines is 1. The zero-order valence-electron chi connectivity index (χ0n) is 18.9.